The van der Waals surface area contributed by atoms with Crippen molar-refractivity contribution in [2.24, 2.45) is 5.73 Å². The summed E-state index contributed by atoms with van der Waals surface area (Å²) >= 11 is 0. The van der Waals surface area contributed by atoms with E-state index in [4.69, 9.17) is 11.5 Å². The number of anilines is 2. The van der Waals surface area contributed by atoms with Gasteiger partial charge in [0.15, 0.2) is 0 Å². The minimum Gasteiger partial charge on any atom is -0.465 e. The van der Waals surface area contributed by atoms with Gasteiger partial charge in [0.25, 0.3) is 0 Å². The highest BCUT2D eigenvalue weighted by atomic mass is 16.5. The van der Waals surface area contributed by atoms with Crippen molar-refractivity contribution in [3.8, 4) is 0 Å². The summed E-state index contributed by atoms with van der Waals surface area (Å²) in [4.78, 5) is 22.1. The van der Waals surface area contributed by atoms with Crippen molar-refractivity contribution in [2.75, 3.05) is 31.2 Å². The topological polar surface area (TPSA) is 119 Å². The highest BCUT2D eigenvalue weighted by Gasteiger charge is 2.13. The van der Waals surface area contributed by atoms with Crippen LogP contribution in [-0.2, 0) is 4.74 Å². The average molecular weight is 266 g/mol. The number of rotatable bonds is 5. The quantitative estimate of drug-likeness (QED) is 0.350. The van der Waals surface area contributed by atoms with Gasteiger partial charge in [-0.15, -0.1) is 0 Å². The monoisotopic (exact) mass is 266 g/mol. The standard InChI is InChI=1S/C12H18N4O3/c1-7-5-8(15-3-4-16-12(14)18)6-9(10(7)13)11(17)19-2/h5-6,15H,3-4,13H2,1-2H3,(H3,14,16,18). The fraction of sp³-hybridized carbons (Fsp3) is 0.333. The van der Waals surface area contributed by atoms with E-state index in [-0.39, 0.29) is 0 Å². The molecule has 0 aromatic heterocycles. The van der Waals surface area contributed by atoms with Crippen molar-refractivity contribution >= 4 is 23.4 Å². The number of amides is 2. The van der Waals surface area contributed by atoms with Crippen LogP contribution < -0.4 is 22.1 Å². The molecule has 0 bridgehead atoms. The van der Waals surface area contributed by atoms with Gasteiger partial charge in [-0.05, 0) is 24.6 Å². The molecule has 1 aromatic rings. The number of methoxy groups -OCH3 is 1. The maximum absolute atomic E-state index is 11.6. The van der Waals surface area contributed by atoms with Gasteiger partial charge < -0.3 is 26.8 Å². The number of hydrogen-bond acceptors (Lipinski definition) is 5. The lowest BCUT2D eigenvalue weighted by molar-refractivity contribution is 0.0602. The second kappa shape index (κ2) is 6.48. The fourth-order valence-corrected chi connectivity index (χ4v) is 1.57. The van der Waals surface area contributed by atoms with Gasteiger partial charge in [0, 0.05) is 24.5 Å². The van der Waals surface area contributed by atoms with Crippen LogP contribution in [0, 0.1) is 6.92 Å². The Morgan fingerprint density at radius 1 is 1.32 bits per heavy atom. The summed E-state index contributed by atoms with van der Waals surface area (Å²) in [5, 5.41) is 5.50. The number of ether oxygens (including phenoxy) is 1. The van der Waals surface area contributed by atoms with Crippen LogP contribution in [0.25, 0.3) is 0 Å². The molecule has 0 saturated carbocycles. The summed E-state index contributed by atoms with van der Waals surface area (Å²) in [6.07, 6.45) is 0. The lowest BCUT2D eigenvalue weighted by Crippen LogP contribution is -2.33. The number of benzene rings is 1. The van der Waals surface area contributed by atoms with Crippen molar-refractivity contribution in [1.29, 1.82) is 0 Å². The minimum absolute atomic E-state index is 0.313. The Morgan fingerprint density at radius 2 is 2.00 bits per heavy atom. The Hall–Kier alpha value is -2.44. The van der Waals surface area contributed by atoms with Crippen LogP contribution in [0.3, 0.4) is 0 Å². The van der Waals surface area contributed by atoms with Gasteiger partial charge in [-0.25, -0.2) is 9.59 Å². The Balaban J connectivity index is 2.77. The van der Waals surface area contributed by atoms with E-state index in [0.717, 1.165) is 11.3 Å². The Morgan fingerprint density at radius 3 is 2.58 bits per heavy atom. The normalized spacial score (nSPS) is 9.79. The molecule has 0 spiro atoms. The zero-order valence-corrected chi connectivity index (χ0v) is 10.9. The lowest BCUT2D eigenvalue weighted by Gasteiger charge is -2.12. The largest absolute Gasteiger partial charge is 0.465 e. The van der Waals surface area contributed by atoms with Gasteiger partial charge in [-0.2, -0.15) is 0 Å². The molecule has 0 saturated heterocycles. The fourth-order valence-electron chi connectivity index (χ4n) is 1.57. The molecule has 7 heteroatoms. The van der Waals surface area contributed by atoms with E-state index in [2.05, 4.69) is 15.4 Å². The summed E-state index contributed by atoms with van der Waals surface area (Å²) in [6, 6.07) is 2.84. The highest BCUT2D eigenvalue weighted by Crippen LogP contribution is 2.23. The molecule has 1 rings (SSSR count). The van der Waals surface area contributed by atoms with Gasteiger partial charge >= 0.3 is 12.0 Å². The van der Waals surface area contributed by atoms with Gasteiger partial charge in [-0.1, -0.05) is 0 Å². The number of aryl methyl sites for hydroxylation is 1. The van der Waals surface area contributed by atoms with Crippen molar-refractivity contribution < 1.29 is 14.3 Å². The zero-order valence-electron chi connectivity index (χ0n) is 10.9. The van der Waals surface area contributed by atoms with E-state index in [1.165, 1.54) is 7.11 Å². The first kappa shape index (κ1) is 14.6. The van der Waals surface area contributed by atoms with Crippen molar-refractivity contribution in [2.45, 2.75) is 6.92 Å². The first-order valence-electron chi connectivity index (χ1n) is 5.71. The first-order valence-corrected chi connectivity index (χ1v) is 5.71. The van der Waals surface area contributed by atoms with Crippen molar-refractivity contribution in [3.05, 3.63) is 23.3 Å². The Labute approximate surface area is 111 Å². The molecular weight excluding hydrogens is 248 g/mol. The third-order valence-electron chi connectivity index (χ3n) is 2.55. The van der Waals surface area contributed by atoms with Crippen LogP contribution in [0.4, 0.5) is 16.2 Å². The van der Waals surface area contributed by atoms with Gasteiger partial charge in [0.05, 0.1) is 12.7 Å². The number of esters is 1. The van der Waals surface area contributed by atoms with E-state index in [9.17, 15) is 9.59 Å². The Bertz CT molecular complexity index is 488. The number of primary amides is 1. The summed E-state index contributed by atoms with van der Waals surface area (Å²) in [7, 11) is 1.30. The molecule has 0 fully saturated rings. The van der Waals surface area contributed by atoms with Crippen LogP contribution in [0.2, 0.25) is 0 Å². The molecule has 19 heavy (non-hydrogen) atoms. The van der Waals surface area contributed by atoms with Gasteiger partial charge in [0.2, 0.25) is 0 Å². The maximum Gasteiger partial charge on any atom is 0.340 e. The summed E-state index contributed by atoms with van der Waals surface area (Å²) in [5.74, 6) is -0.487. The molecule has 0 heterocycles. The molecule has 1 aromatic carbocycles. The van der Waals surface area contributed by atoms with Crippen LogP contribution in [-0.4, -0.2) is 32.2 Å². The predicted octanol–water partition coefficient (Wildman–Crippen LogP) is 0.444. The zero-order chi connectivity index (χ0) is 14.4. The Kier molecular flexibility index (Phi) is 4.99. The molecule has 0 aliphatic rings. The molecule has 0 unspecified atom stereocenters. The molecule has 7 nitrogen and oxygen atoms in total. The molecule has 0 atom stereocenters. The number of carbonyl (C=O) groups excluding carboxylic acids is 2. The van der Waals surface area contributed by atoms with Gasteiger partial charge in [0.1, 0.15) is 0 Å². The average Bonchev–Trinajstić information content (AvgIpc) is 2.37. The number of nitrogen functional groups attached to an aromatic ring is 1. The maximum atomic E-state index is 11.6. The lowest BCUT2D eigenvalue weighted by atomic mass is 10.1. The first-order chi connectivity index (χ1) is 8.95. The number of carbonyl (C=O) groups is 2. The van der Waals surface area contributed by atoms with E-state index < -0.39 is 12.0 Å². The molecule has 2 amide bonds. The number of nitrogens with one attached hydrogen (secondary N) is 2. The van der Waals surface area contributed by atoms with Crippen LogP contribution >= 0.6 is 0 Å². The molecule has 6 N–H and O–H groups in total. The van der Waals surface area contributed by atoms with E-state index in [1.54, 1.807) is 13.0 Å². The third kappa shape index (κ3) is 4.06. The van der Waals surface area contributed by atoms with Crippen LogP contribution in [0.15, 0.2) is 12.1 Å². The number of urea groups is 1. The third-order valence-corrected chi connectivity index (χ3v) is 2.55. The molecule has 104 valence electrons. The number of hydrogen-bond donors (Lipinski definition) is 4. The van der Waals surface area contributed by atoms with Crippen LogP contribution in [0.1, 0.15) is 15.9 Å². The van der Waals surface area contributed by atoms with Crippen LogP contribution in [0.5, 0.6) is 0 Å². The molecule has 0 aliphatic carbocycles. The van der Waals surface area contributed by atoms with Crippen molar-refractivity contribution in [1.82, 2.24) is 5.32 Å². The van der Waals surface area contributed by atoms with Gasteiger partial charge in [-0.3, -0.25) is 0 Å². The molecule has 0 aliphatic heterocycles. The minimum atomic E-state index is -0.578. The second-order valence-corrected chi connectivity index (χ2v) is 3.96. The summed E-state index contributed by atoms with van der Waals surface area (Å²) < 4.78 is 4.66. The number of nitrogens with two attached hydrogens (primary N) is 2. The molecule has 0 radical (unpaired) electrons. The second-order valence-electron chi connectivity index (χ2n) is 3.96. The van der Waals surface area contributed by atoms with E-state index in [0.29, 0.717) is 24.3 Å². The predicted molar refractivity (Wildman–Crippen MR) is 73.0 cm³/mol. The van der Waals surface area contributed by atoms with E-state index >= 15 is 0 Å². The van der Waals surface area contributed by atoms with E-state index in [1.807, 2.05) is 6.07 Å². The SMILES string of the molecule is COC(=O)c1cc(NCCNC(N)=O)cc(C)c1N. The smallest absolute Gasteiger partial charge is 0.340 e. The summed E-state index contributed by atoms with van der Waals surface area (Å²) in [6.45, 7) is 2.66. The highest BCUT2D eigenvalue weighted by molar-refractivity contribution is 5.97. The molecular formula is C12H18N4O3. The summed E-state index contributed by atoms with van der Waals surface area (Å²) in [5.41, 5.74) is 13.0. The van der Waals surface area contributed by atoms with Crippen molar-refractivity contribution in [3.63, 3.8) is 0 Å².